The van der Waals surface area contributed by atoms with Crippen molar-refractivity contribution in [1.82, 2.24) is 9.78 Å². The van der Waals surface area contributed by atoms with Crippen LogP contribution < -0.4 is 10.2 Å². The highest BCUT2D eigenvalue weighted by atomic mass is 16.2. The number of anilines is 2. The molecule has 2 amide bonds. The minimum Gasteiger partial charge on any atom is -0.322 e. The summed E-state index contributed by atoms with van der Waals surface area (Å²) in [6.45, 7) is 3.90. The van der Waals surface area contributed by atoms with Gasteiger partial charge in [-0.1, -0.05) is 26.0 Å². The van der Waals surface area contributed by atoms with E-state index in [-0.39, 0.29) is 17.7 Å². The Morgan fingerprint density at radius 2 is 2.04 bits per heavy atom. The largest absolute Gasteiger partial charge is 0.322 e. The highest BCUT2D eigenvalue weighted by molar-refractivity contribution is 6.16. The van der Waals surface area contributed by atoms with Crippen LogP contribution in [0.4, 0.5) is 11.4 Å². The van der Waals surface area contributed by atoms with Crippen LogP contribution in [-0.2, 0) is 4.79 Å². The van der Waals surface area contributed by atoms with Crippen LogP contribution in [0.1, 0.15) is 43.1 Å². The predicted molar refractivity (Wildman–Crippen MR) is 91.0 cm³/mol. The van der Waals surface area contributed by atoms with E-state index in [2.05, 4.69) is 10.4 Å². The maximum Gasteiger partial charge on any atom is 0.262 e. The first-order chi connectivity index (χ1) is 11.6. The van der Waals surface area contributed by atoms with Gasteiger partial charge in [-0.25, -0.2) is 0 Å². The van der Waals surface area contributed by atoms with Gasteiger partial charge < -0.3 is 5.32 Å². The fraction of sp³-hybridized carbons (Fsp3) is 0.389. The molecule has 1 aliphatic heterocycles. The lowest BCUT2D eigenvalue weighted by Crippen LogP contribution is -2.53. The van der Waals surface area contributed by atoms with Crippen molar-refractivity contribution in [2.75, 3.05) is 10.2 Å². The van der Waals surface area contributed by atoms with Gasteiger partial charge in [-0.2, -0.15) is 5.10 Å². The third kappa shape index (κ3) is 2.38. The lowest BCUT2D eigenvalue weighted by Gasteiger charge is -2.38. The summed E-state index contributed by atoms with van der Waals surface area (Å²) >= 11 is 0. The van der Waals surface area contributed by atoms with Gasteiger partial charge in [0.1, 0.15) is 6.04 Å². The van der Waals surface area contributed by atoms with Crippen molar-refractivity contribution >= 4 is 23.2 Å². The molecule has 2 aromatic rings. The van der Waals surface area contributed by atoms with E-state index in [1.807, 2.05) is 42.8 Å². The first-order valence-corrected chi connectivity index (χ1v) is 8.34. The molecule has 0 spiro atoms. The van der Waals surface area contributed by atoms with Crippen molar-refractivity contribution in [2.24, 2.45) is 5.92 Å². The number of amides is 2. The van der Waals surface area contributed by atoms with Gasteiger partial charge in [0.2, 0.25) is 5.91 Å². The molecule has 1 aromatic heterocycles. The lowest BCUT2D eigenvalue weighted by atomic mass is 9.97. The molecule has 1 unspecified atom stereocenters. The number of hydrogen-bond acceptors (Lipinski definition) is 3. The average molecular weight is 324 g/mol. The number of aromatic nitrogens is 2. The molecule has 4 rings (SSSR count). The van der Waals surface area contributed by atoms with Gasteiger partial charge in [-0.15, -0.1) is 0 Å². The fourth-order valence-electron chi connectivity index (χ4n) is 3.23. The molecule has 1 aliphatic carbocycles. The first-order valence-electron chi connectivity index (χ1n) is 8.34. The maximum absolute atomic E-state index is 13.2. The van der Waals surface area contributed by atoms with Crippen molar-refractivity contribution in [2.45, 2.75) is 38.8 Å². The summed E-state index contributed by atoms with van der Waals surface area (Å²) in [7, 11) is 0. The van der Waals surface area contributed by atoms with Gasteiger partial charge in [-0.3, -0.25) is 19.2 Å². The molecule has 6 heteroatoms. The SMILES string of the molecule is CC(C)C1C(=O)Nc2ccccc2N1C(=O)c1cnn(C2CC2)c1. The summed E-state index contributed by atoms with van der Waals surface area (Å²) in [5.41, 5.74) is 1.93. The summed E-state index contributed by atoms with van der Waals surface area (Å²) in [5.74, 6) is -0.324. The minimum atomic E-state index is -0.531. The van der Waals surface area contributed by atoms with Gasteiger partial charge in [0, 0.05) is 6.20 Å². The van der Waals surface area contributed by atoms with Crippen molar-refractivity contribution in [1.29, 1.82) is 0 Å². The molecule has 1 aromatic carbocycles. The molecule has 6 nitrogen and oxygen atoms in total. The second-order valence-corrected chi connectivity index (χ2v) is 6.81. The Balaban J connectivity index is 1.76. The molecule has 1 fully saturated rings. The molecule has 1 N–H and O–H groups in total. The van der Waals surface area contributed by atoms with Crippen molar-refractivity contribution in [3.05, 3.63) is 42.2 Å². The Bertz CT molecular complexity index is 807. The summed E-state index contributed by atoms with van der Waals surface area (Å²) in [6.07, 6.45) is 5.62. The predicted octanol–water partition coefficient (Wildman–Crippen LogP) is 2.84. The summed E-state index contributed by atoms with van der Waals surface area (Å²) in [6, 6.07) is 7.30. The van der Waals surface area contributed by atoms with Crippen LogP contribution in [-0.4, -0.2) is 27.6 Å². The number of hydrogen-bond donors (Lipinski definition) is 1. The Labute approximate surface area is 140 Å². The maximum atomic E-state index is 13.2. The van der Waals surface area contributed by atoms with Crippen LogP contribution in [0, 0.1) is 5.92 Å². The number of carbonyl (C=O) groups excluding carboxylic acids is 2. The molecular weight excluding hydrogens is 304 g/mol. The first kappa shape index (κ1) is 14.9. The number of fused-ring (bicyclic) bond motifs is 1. The minimum absolute atomic E-state index is 0.000725. The normalized spacial score (nSPS) is 20.0. The quantitative estimate of drug-likeness (QED) is 0.944. The van der Waals surface area contributed by atoms with Gasteiger partial charge in [0.05, 0.1) is 29.2 Å². The molecule has 2 aliphatic rings. The molecule has 124 valence electrons. The third-order valence-corrected chi connectivity index (χ3v) is 4.59. The van der Waals surface area contributed by atoms with Crippen LogP contribution in [0.25, 0.3) is 0 Å². The number of carbonyl (C=O) groups is 2. The average Bonchev–Trinajstić information content (AvgIpc) is 3.29. The zero-order valence-corrected chi connectivity index (χ0v) is 13.8. The van der Waals surface area contributed by atoms with E-state index in [1.165, 1.54) is 0 Å². The molecule has 0 radical (unpaired) electrons. The van der Waals surface area contributed by atoms with Crippen LogP contribution in [0.2, 0.25) is 0 Å². The number of nitrogens with one attached hydrogen (secondary N) is 1. The zero-order valence-electron chi connectivity index (χ0n) is 13.8. The van der Waals surface area contributed by atoms with E-state index < -0.39 is 6.04 Å². The van der Waals surface area contributed by atoms with Crippen LogP contribution in [0.15, 0.2) is 36.7 Å². The van der Waals surface area contributed by atoms with Gasteiger partial charge in [-0.05, 0) is 30.9 Å². The molecule has 1 atom stereocenters. The van der Waals surface area contributed by atoms with Crippen molar-refractivity contribution in [3.63, 3.8) is 0 Å². The van der Waals surface area contributed by atoms with Crippen molar-refractivity contribution in [3.8, 4) is 0 Å². The second-order valence-electron chi connectivity index (χ2n) is 6.81. The van der Waals surface area contributed by atoms with Crippen LogP contribution in [0.3, 0.4) is 0 Å². The van der Waals surface area contributed by atoms with Gasteiger partial charge >= 0.3 is 0 Å². The topological polar surface area (TPSA) is 67.2 Å². The van der Waals surface area contributed by atoms with E-state index in [1.54, 1.807) is 17.3 Å². The molecular formula is C18H20N4O2. The molecule has 0 bridgehead atoms. The monoisotopic (exact) mass is 324 g/mol. The van der Waals surface area contributed by atoms with E-state index in [9.17, 15) is 9.59 Å². The third-order valence-electron chi connectivity index (χ3n) is 4.59. The molecule has 1 saturated carbocycles. The Morgan fingerprint density at radius 3 is 2.75 bits per heavy atom. The number of para-hydroxylation sites is 2. The zero-order chi connectivity index (χ0) is 16.8. The fourth-order valence-corrected chi connectivity index (χ4v) is 3.23. The Hall–Kier alpha value is -2.63. The standard InChI is InChI=1S/C18H20N4O2/c1-11(2)16-17(23)20-14-5-3-4-6-15(14)22(16)18(24)12-9-19-21(10-12)13-7-8-13/h3-6,9-11,13,16H,7-8H2,1-2H3,(H,20,23). The van der Waals surface area contributed by atoms with Crippen molar-refractivity contribution < 1.29 is 9.59 Å². The van der Waals surface area contributed by atoms with Gasteiger partial charge in [0.25, 0.3) is 5.91 Å². The Kier molecular flexibility index (Phi) is 3.40. The van der Waals surface area contributed by atoms with E-state index in [0.717, 1.165) is 18.5 Å². The van der Waals surface area contributed by atoms with E-state index in [4.69, 9.17) is 0 Å². The summed E-state index contributed by atoms with van der Waals surface area (Å²) in [5, 5.41) is 7.22. The molecule has 2 heterocycles. The highest BCUT2D eigenvalue weighted by Crippen LogP contribution is 2.36. The van der Waals surface area contributed by atoms with E-state index >= 15 is 0 Å². The smallest absolute Gasteiger partial charge is 0.262 e. The summed E-state index contributed by atoms with van der Waals surface area (Å²) in [4.78, 5) is 27.3. The highest BCUT2D eigenvalue weighted by Gasteiger charge is 2.39. The molecule has 0 saturated heterocycles. The number of benzene rings is 1. The second kappa shape index (κ2) is 5.47. The molecule has 24 heavy (non-hydrogen) atoms. The number of nitrogens with zero attached hydrogens (tertiary/aromatic N) is 3. The van der Waals surface area contributed by atoms with Crippen LogP contribution >= 0.6 is 0 Å². The van der Waals surface area contributed by atoms with E-state index in [0.29, 0.717) is 17.3 Å². The number of rotatable bonds is 3. The van der Waals surface area contributed by atoms with Gasteiger partial charge in [0.15, 0.2) is 0 Å². The van der Waals surface area contributed by atoms with Crippen LogP contribution in [0.5, 0.6) is 0 Å². The lowest BCUT2D eigenvalue weighted by molar-refractivity contribution is -0.118. The summed E-state index contributed by atoms with van der Waals surface area (Å²) < 4.78 is 1.85. The Morgan fingerprint density at radius 1 is 1.29 bits per heavy atom.